The zero-order chi connectivity index (χ0) is 51.5. The SMILES string of the molecule is C/C1=C/C=C/C(C)C[C@@H](C)C(O)[C@@H](C)C(OC(=O)CN(N)/C=C(\N)CCc2ccccc2)[C@H](C)C/C=C/OC2(C)Oc3c(C)c(O)c4c(O)c(c5c(c4c3C2=O)=NC2(CCN(CC(C)C)CC2)N=5)NC1=O. The van der Waals surface area contributed by atoms with Crippen LogP contribution in [0.3, 0.4) is 0 Å². The maximum Gasteiger partial charge on any atom is 0.327 e. The van der Waals surface area contributed by atoms with Crippen molar-refractivity contribution in [3.8, 4) is 17.2 Å². The molecule has 0 aromatic heterocycles. The van der Waals surface area contributed by atoms with E-state index in [0.29, 0.717) is 68.8 Å². The predicted octanol–water partition coefficient (Wildman–Crippen LogP) is 6.74. The van der Waals surface area contributed by atoms with Gasteiger partial charge in [0.05, 0.1) is 28.7 Å². The minimum Gasteiger partial charge on any atom is -0.507 e. The van der Waals surface area contributed by atoms with Crippen molar-refractivity contribution in [3.05, 3.63) is 106 Å². The molecule has 16 heteroatoms. The van der Waals surface area contributed by atoms with Crippen molar-refractivity contribution in [1.29, 1.82) is 0 Å². The highest BCUT2D eigenvalue weighted by atomic mass is 16.7. The minimum absolute atomic E-state index is 0.0169. The number of nitrogens with one attached hydrogen (secondary N) is 1. The third kappa shape index (κ3) is 11.5. The number of nitrogens with zero attached hydrogens (tertiary/aromatic N) is 4. The van der Waals surface area contributed by atoms with Gasteiger partial charge in [0, 0.05) is 73.7 Å². The first kappa shape index (κ1) is 52.6. The van der Waals surface area contributed by atoms with Crippen LogP contribution in [0, 0.1) is 36.5 Å². The normalized spacial score (nSPS) is 27.8. The molecule has 5 aliphatic rings. The summed E-state index contributed by atoms with van der Waals surface area (Å²) in [5.41, 5.74) is 7.51. The topological polar surface area (TPSA) is 235 Å². The molecule has 1 saturated heterocycles. The zero-order valence-electron chi connectivity index (χ0n) is 42.7. The van der Waals surface area contributed by atoms with Gasteiger partial charge in [0.2, 0.25) is 0 Å². The second kappa shape index (κ2) is 21.6. The summed E-state index contributed by atoms with van der Waals surface area (Å²) in [5, 5.41) is 40.6. The molecule has 0 saturated carbocycles. The summed E-state index contributed by atoms with van der Waals surface area (Å²) in [6.07, 6.45) is 11.6. The Kier molecular flexibility index (Phi) is 16.0. The molecule has 0 radical (unpaired) electrons. The summed E-state index contributed by atoms with van der Waals surface area (Å²) >= 11 is 0. The van der Waals surface area contributed by atoms with Gasteiger partial charge in [-0.25, -0.2) is 5.84 Å². The number of carbonyl (C=O) groups excluding carboxylic acids is 3. The third-order valence-electron chi connectivity index (χ3n) is 14.4. The van der Waals surface area contributed by atoms with Crippen molar-refractivity contribution >= 4 is 34.1 Å². The maximum atomic E-state index is 14.8. The number of rotatable bonds is 9. The van der Waals surface area contributed by atoms with E-state index in [4.69, 9.17) is 35.8 Å². The number of aliphatic hydroxyl groups is 1. The number of carbonyl (C=O) groups is 3. The molecule has 0 aliphatic carbocycles. The smallest absolute Gasteiger partial charge is 0.327 e. The first-order valence-electron chi connectivity index (χ1n) is 25.0. The number of anilines is 1. The van der Waals surface area contributed by atoms with Gasteiger partial charge in [-0.15, -0.1) is 0 Å². The van der Waals surface area contributed by atoms with Gasteiger partial charge in [-0.2, -0.15) is 0 Å². The van der Waals surface area contributed by atoms with Crippen LogP contribution < -0.4 is 32.3 Å². The molecule has 1 spiro atoms. The van der Waals surface area contributed by atoms with Gasteiger partial charge in [0.15, 0.2) is 11.4 Å². The molecule has 8 N–H and O–H groups in total. The van der Waals surface area contributed by atoms with Gasteiger partial charge < -0.3 is 50.5 Å². The van der Waals surface area contributed by atoms with E-state index in [1.165, 1.54) is 24.4 Å². The second-order valence-electron chi connectivity index (χ2n) is 20.9. The van der Waals surface area contributed by atoms with Crippen LogP contribution in [0.5, 0.6) is 17.2 Å². The lowest BCUT2D eigenvalue weighted by Crippen LogP contribution is -2.43. The van der Waals surface area contributed by atoms with E-state index in [-0.39, 0.29) is 74.1 Å². The van der Waals surface area contributed by atoms with Crippen molar-refractivity contribution in [2.75, 3.05) is 31.5 Å². The fourth-order valence-corrected chi connectivity index (χ4v) is 10.4. The fraction of sp³-hybridized carbons (Fsp3) is 0.509. The number of ketones is 1. The highest BCUT2D eigenvalue weighted by Crippen LogP contribution is 2.50. The number of Topliss-reactive ketones (excluding diaryl/α,β-unsaturated/α-hetero) is 1. The Hall–Kier alpha value is -6.23. The summed E-state index contributed by atoms with van der Waals surface area (Å²) in [4.78, 5) is 55.2. The fourth-order valence-electron chi connectivity index (χ4n) is 10.4. The summed E-state index contributed by atoms with van der Waals surface area (Å²) in [7, 11) is 0. The monoisotopic (exact) mass is 976 g/mol. The highest BCUT2D eigenvalue weighted by molar-refractivity contribution is 6.19. The van der Waals surface area contributed by atoms with Crippen molar-refractivity contribution in [3.63, 3.8) is 0 Å². The van der Waals surface area contributed by atoms with E-state index in [0.717, 1.165) is 12.1 Å². The quantitative estimate of drug-likeness (QED) is 0.0565. The number of phenolic OH excluding ortho intramolecular Hbond substituents is 2. The minimum atomic E-state index is -1.91. The van der Waals surface area contributed by atoms with Crippen molar-refractivity contribution in [2.24, 2.45) is 51.2 Å². The lowest BCUT2D eigenvalue weighted by Gasteiger charge is -2.36. The molecule has 3 aromatic carbocycles. The summed E-state index contributed by atoms with van der Waals surface area (Å²) in [6.45, 7) is 18.8. The molecular formula is C55H73N7O9. The number of aryl methyl sites for hydroxylation is 1. The molecule has 5 bridgehead atoms. The molecule has 8 rings (SSSR count). The predicted molar refractivity (Wildman–Crippen MR) is 272 cm³/mol. The third-order valence-corrected chi connectivity index (χ3v) is 14.4. The standard InChI is InChI=1S/C55H73N7O9/c1-31(2)28-61-24-22-55(23-25-61)59-44-41-42-48(65)37(8)51-43(41)52(67)54(9,71-51)69-26-14-17-33(4)50(70-40(63)30-62(57)29-39(56)21-20-38-18-11-10-12-19-38)36(7)47(64)35(6)27-32(3)15-13-16-34(5)53(68)58-46(49(42)66)45(44)60-55/h10-16,18-19,26,29,31-33,35-36,47,50,64-66H,17,20-25,27-28,30,56-57H2,1-9H3,(H,58,68)/b15-13+,26-14+,34-16-,39-29-/t32?,33-,35-,36-,47?,50?,54?/m1/s1. The Balaban J connectivity index is 1.23. The Morgan fingerprint density at radius 3 is 2.41 bits per heavy atom. The van der Waals surface area contributed by atoms with E-state index >= 15 is 0 Å². The van der Waals surface area contributed by atoms with Gasteiger partial charge in [0.25, 0.3) is 11.7 Å². The zero-order valence-corrected chi connectivity index (χ0v) is 42.7. The number of allylic oxidation sites excluding steroid dienone is 5. The van der Waals surface area contributed by atoms with Crippen molar-refractivity contribution in [2.45, 2.75) is 124 Å². The largest absolute Gasteiger partial charge is 0.507 e. The Bertz CT molecular complexity index is 2760. The van der Waals surface area contributed by atoms with E-state index in [9.17, 15) is 29.7 Å². The van der Waals surface area contributed by atoms with Crippen LogP contribution in [-0.2, 0) is 25.5 Å². The first-order chi connectivity index (χ1) is 33.6. The number of fused-ring (bicyclic) bond motifs is 13. The van der Waals surface area contributed by atoms with Crippen LogP contribution in [0.2, 0.25) is 0 Å². The van der Waals surface area contributed by atoms with Gasteiger partial charge in [-0.1, -0.05) is 90.1 Å². The summed E-state index contributed by atoms with van der Waals surface area (Å²) < 4.78 is 18.7. The highest BCUT2D eigenvalue weighted by Gasteiger charge is 2.50. The average molecular weight is 976 g/mol. The maximum absolute atomic E-state index is 14.8. The number of hydrogen-bond acceptors (Lipinski definition) is 15. The van der Waals surface area contributed by atoms with E-state index in [1.807, 2.05) is 64.1 Å². The number of amides is 1. The molecule has 71 heavy (non-hydrogen) atoms. The number of aromatic hydroxyl groups is 2. The Labute approximate surface area is 416 Å². The molecule has 7 atom stereocenters. The van der Waals surface area contributed by atoms with E-state index < -0.39 is 53.0 Å². The Morgan fingerprint density at radius 1 is 1.03 bits per heavy atom. The summed E-state index contributed by atoms with van der Waals surface area (Å²) in [6, 6.07) is 9.91. The van der Waals surface area contributed by atoms with Crippen LogP contribution in [0.4, 0.5) is 5.69 Å². The number of aliphatic hydroxyl groups excluding tert-OH is 1. The van der Waals surface area contributed by atoms with Gasteiger partial charge >= 0.3 is 11.8 Å². The lowest BCUT2D eigenvalue weighted by atomic mass is 9.80. The molecular weight excluding hydrogens is 903 g/mol. The van der Waals surface area contributed by atoms with E-state index in [1.54, 1.807) is 32.1 Å². The number of esters is 1. The summed E-state index contributed by atoms with van der Waals surface area (Å²) in [5.74, 6) is 1.22. The van der Waals surface area contributed by atoms with Crippen LogP contribution in [0.1, 0.15) is 109 Å². The lowest BCUT2D eigenvalue weighted by molar-refractivity contribution is -0.159. The number of hydrazine groups is 1. The number of likely N-dealkylation sites (tertiary alicyclic amines) is 1. The molecule has 382 valence electrons. The number of ether oxygens (including phenoxy) is 3. The molecule has 16 nitrogen and oxygen atoms in total. The molecule has 4 unspecified atom stereocenters. The first-order valence-corrected chi connectivity index (χ1v) is 25.0. The van der Waals surface area contributed by atoms with Crippen LogP contribution in [-0.4, -0.2) is 92.7 Å². The van der Waals surface area contributed by atoms with Crippen molar-refractivity contribution in [1.82, 2.24) is 9.91 Å². The van der Waals surface area contributed by atoms with Crippen molar-refractivity contribution < 1.29 is 43.9 Å². The second-order valence-corrected chi connectivity index (χ2v) is 20.9. The van der Waals surface area contributed by atoms with Crippen LogP contribution in [0.25, 0.3) is 10.8 Å². The number of phenols is 2. The molecule has 3 aromatic rings. The van der Waals surface area contributed by atoms with Gasteiger partial charge in [-0.05, 0) is 74.8 Å². The van der Waals surface area contributed by atoms with Crippen LogP contribution >= 0.6 is 0 Å². The number of hydrogen-bond donors (Lipinski definition) is 6. The Morgan fingerprint density at radius 2 is 1.72 bits per heavy atom. The number of piperidine rings is 1. The number of nitrogens with two attached hydrogens (primary N) is 2. The van der Waals surface area contributed by atoms with Crippen LogP contribution in [0.15, 0.2) is 88.4 Å². The molecule has 5 aliphatic heterocycles. The number of benzene rings is 3. The average Bonchev–Trinajstić information content (AvgIpc) is 3.82. The molecule has 1 fully saturated rings. The van der Waals surface area contributed by atoms with Gasteiger partial charge in [-0.3, -0.25) is 24.4 Å². The van der Waals surface area contributed by atoms with Gasteiger partial charge in [0.1, 0.15) is 35.2 Å². The molecule has 1 amide bonds. The van der Waals surface area contributed by atoms with E-state index in [2.05, 4.69) is 24.1 Å². The molecule has 5 heterocycles.